The average Bonchev–Trinajstić information content (AvgIpc) is 3.14. The minimum atomic E-state index is 0.688. The zero-order valence-electron chi connectivity index (χ0n) is 13.0. The van der Waals surface area contributed by atoms with Gasteiger partial charge in [0, 0.05) is 32.1 Å². The van der Waals surface area contributed by atoms with Gasteiger partial charge in [0.15, 0.2) is 0 Å². The summed E-state index contributed by atoms with van der Waals surface area (Å²) in [5.74, 6) is 0.955. The number of pyridine rings is 1. The van der Waals surface area contributed by atoms with Crippen molar-refractivity contribution in [2.24, 2.45) is 0 Å². The number of aryl methyl sites for hydroxylation is 1. The molecule has 0 amide bonds. The van der Waals surface area contributed by atoms with Crippen LogP contribution >= 0.6 is 0 Å². The van der Waals surface area contributed by atoms with Gasteiger partial charge in [-0.05, 0) is 31.2 Å². The number of imidazole rings is 1. The van der Waals surface area contributed by atoms with E-state index in [9.17, 15) is 0 Å². The largest absolute Gasteiger partial charge is 0.468 e. The number of aromatic nitrogens is 2. The van der Waals surface area contributed by atoms with Crippen molar-refractivity contribution in [3.8, 4) is 0 Å². The number of furan rings is 1. The van der Waals surface area contributed by atoms with E-state index < -0.39 is 0 Å². The van der Waals surface area contributed by atoms with Crippen LogP contribution in [-0.4, -0.2) is 34.5 Å². The Morgan fingerprint density at radius 2 is 2.14 bits per heavy atom. The minimum Gasteiger partial charge on any atom is -0.468 e. The normalized spacial score (nSPS) is 11.6. The predicted molar refractivity (Wildman–Crippen MR) is 84.6 cm³/mol. The molecule has 0 saturated heterocycles. The van der Waals surface area contributed by atoms with Crippen LogP contribution in [0, 0.1) is 6.92 Å². The van der Waals surface area contributed by atoms with Gasteiger partial charge in [0.05, 0.1) is 25.1 Å². The van der Waals surface area contributed by atoms with E-state index >= 15 is 0 Å². The summed E-state index contributed by atoms with van der Waals surface area (Å²) < 4.78 is 12.8. The fourth-order valence-corrected chi connectivity index (χ4v) is 2.56. The van der Waals surface area contributed by atoms with Crippen molar-refractivity contribution >= 4 is 5.65 Å². The molecule has 0 atom stereocenters. The van der Waals surface area contributed by atoms with Crippen LogP contribution in [0.1, 0.15) is 17.1 Å². The topological polar surface area (TPSA) is 42.9 Å². The molecule has 3 aromatic heterocycles. The fourth-order valence-electron chi connectivity index (χ4n) is 2.56. The molecule has 116 valence electrons. The zero-order valence-corrected chi connectivity index (χ0v) is 13.0. The van der Waals surface area contributed by atoms with Crippen LogP contribution in [0.2, 0.25) is 0 Å². The van der Waals surface area contributed by atoms with E-state index in [0.29, 0.717) is 6.61 Å². The number of ether oxygens (including phenoxy) is 1. The molecule has 5 nitrogen and oxygen atoms in total. The molecule has 22 heavy (non-hydrogen) atoms. The van der Waals surface area contributed by atoms with Gasteiger partial charge in [-0.2, -0.15) is 0 Å². The fraction of sp³-hybridized carbons (Fsp3) is 0.353. The number of nitrogens with zero attached hydrogens (tertiary/aromatic N) is 3. The lowest BCUT2D eigenvalue weighted by Gasteiger charge is -2.19. The highest BCUT2D eigenvalue weighted by Crippen LogP contribution is 2.13. The number of fused-ring (bicyclic) bond motifs is 1. The second kappa shape index (κ2) is 6.77. The molecule has 0 aromatic carbocycles. The van der Waals surface area contributed by atoms with Gasteiger partial charge in [0.25, 0.3) is 0 Å². The van der Waals surface area contributed by atoms with Gasteiger partial charge < -0.3 is 13.6 Å². The van der Waals surface area contributed by atoms with Crippen LogP contribution in [0.5, 0.6) is 0 Å². The Labute approximate surface area is 130 Å². The van der Waals surface area contributed by atoms with E-state index in [1.165, 1.54) is 5.69 Å². The van der Waals surface area contributed by atoms with Crippen molar-refractivity contribution in [3.05, 3.63) is 59.9 Å². The first kappa shape index (κ1) is 14.8. The molecule has 3 rings (SSSR count). The van der Waals surface area contributed by atoms with Crippen LogP contribution in [0.25, 0.3) is 5.65 Å². The Morgan fingerprint density at radius 1 is 1.23 bits per heavy atom. The summed E-state index contributed by atoms with van der Waals surface area (Å²) in [4.78, 5) is 6.98. The standard InChI is InChI=1S/C17H21N3O2/c1-14-5-3-7-17-18-15(12-20(14)17)11-19(8-10-21-2)13-16-6-4-9-22-16/h3-7,9,12H,8,10-11,13H2,1-2H3. The smallest absolute Gasteiger partial charge is 0.137 e. The number of hydrogen-bond acceptors (Lipinski definition) is 4. The van der Waals surface area contributed by atoms with Gasteiger partial charge >= 0.3 is 0 Å². The third-order valence-corrected chi connectivity index (χ3v) is 3.70. The summed E-state index contributed by atoms with van der Waals surface area (Å²) in [5, 5.41) is 0. The second-order valence-corrected chi connectivity index (χ2v) is 5.41. The van der Waals surface area contributed by atoms with Crippen molar-refractivity contribution in [1.82, 2.24) is 14.3 Å². The summed E-state index contributed by atoms with van der Waals surface area (Å²) in [5.41, 5.74) is 3.22. The van der Waals surface area contributed by atoms with Gasteiger partial charge in [-0.25, -0.2) is 4.98 Å². The lowest BCUT2D eigenvalue weighted by Crippen LogP contribution is -2.26. The maximum Gasteiger partial charge on any atom is 0.137 e. The Kier molecular flexibility index (Phi) is 4.56. The molecule has 0 N–H and O–H groups in total. The lowest BCUT2D eigenvalue weighted by molar-refractivity contribution is 0.134. The maximum absolute atomic E-state index is 5.45. The molecular formula is C17H21N3O2. The van der Waals surface area contributed by atoms with Crippen LogP contribution in [0.4, 0.5) is 0 Å². The first-order valence-electron chi connectivity index (χ1n) is 7.43. The van der Waals surface area contributed by atoms with Crippen LogP contribution in [0.3, 0.4) is 0 Å². The van der Waals surface area contributed by atoms with Gasteiger partial charge in [-0.3, -0.25) is 4.90 Å². The number of hydrogen-bond donors (Lipinski definition) is 0. The van der Waals surface area contributed by atoms with Gasteiger partial charge in [-0.1, -0.05) is 6.07 Å². The highest BCUT2D eigenvalue weighted by molar-refractivity contribution is 5.41. The lowest BCUT2D eigenvalue weighted by atomic mass is 10.3. The summed E-state index contributed by atoms with van der Waals surface area (Å²) in [6, 6.07) is 10.1. The molecule has 0 fully saturated rings. The Hall–Kier alpha value is -2.11. The Bertz CT molecular complexity index is 719. The Balaban J connectivity index is 1.77. The van der Waals surface area contributed by atoms with E-state index in [1.807, 2.05) is 24.3 Å². The monoisotopic (exact) mass is 299 g/mol. The SMILES string of the molecule is COCCN(Cc1cn2c(C)cccc2n1)Cc1ccco1. The van der Waals surface area contributed by atoms with Crippen molar-refractivity contribution in [2.45, 2.75) is 20.0 Å². The van der Waals surface area contributed by atoms with E-state index in [0.717, 1.165) is 36.7 Å². The molecule has 0 unspecified atom stereocenters. The molecule has 3 aromatic rings. The first-order chi connectivity index (χ1) is 10.8. The number of rotatable bonds is 7. The second-order valence-electron chi connectivity index (χ2n) is 5.41. The molecule has 0 radical (unpaired) electrons. The third-order valence-electron chi connectivity index (χ3n) is 3.70. The number of methoxy groups -OCH3 is 1. The predicted octanol–water partition coefficient (Wildman–Crippen LogP) is 2.88. The Morgan fingerprint density at radius 3 is 2.86 bits per heavy atom. The quantitative estimate of drug-likeness (QED) is 0.673. The molecule has 0 aliphatic heterocycles. The van der Waals surface area contributed by atoms with E-state index in [1.54, 1.807) is 13.4 Å². The minimum absolute atomic E-state index is 0.688. The van der Waals surface area contributed by atoms with Crippen molar-refractivity contribution in [1.29, 1.82) is 0 Å². The molecule has 0 aliphatic rings. The summed E-state index contributed by atoms with van der Waals surface area (Å²) in [6.07, 6.45) is 3.81. The van der Waals surface area contributed by atoms with E-state index in [4.69, 9.17) is 14.1 Å². The zero-order chi connectivity index (χ0) is 15.4. The van der Waals surface area contributed by atoms with E-state index in [-0.39, 0.29) is 0 Å². The van der Waals surface area contributed by atoms with Crippen LogP contribution in [-0.2, 0) is 17.8 Å². The van der Waals surface area contributed by atoms with Crippen molar-refractivity contribution in [3.63, 3.8) is 0 Å². The van der Waals surface area contributed by atoms with E-state index in [2.05, 4.69) is 28.5 Å². The molecular weight excluding hydrogens is 278 g/mol. The van der Waals surface area contributed by atoms with Gasteiger partial charge in [0.2, 0.25) is 0 Å². The van der Waals surface area contributed by atoms with Gasteiger partial charge in [0.1, 0.15) is 11.4 Å². The molecule has 0 spiro atoms. The highest BCUT2D eigenvalue weighted by Gasteiger charge is 2.11. The molecule has 5 heteroatoms. The molecule has 0 aliphatic carbocycles. The highest BCUT2D eigenvalue weighted by atomic mass is 16.5. The average molecular weight is 299 g/mol. The molecule has 0 bridgehead atoms. The summed E-state index contributed by atoms with van der Waals surface area (Å²) >= 11 is 0. The summed E-state index contributed by atoms with van der Waals surface area (Å²) in [7, 11) is 1.72. The molecule has 0 saturated carbocycles. The summed E-state index contributed by atoms with van der Waals surface area (Å²) in [6.45, 7) is 5.13. The third kappa shape index (κ3) is 3.37. The van der Waals surface area contributed by atoms with Gasteiger partial charge in [-0.15, -0.1) is 0 Å². The molecule has 3 heterocycles. The van der Waals surface area contributed by atoms with Crippen molar-refractivity contribution < 1.29 is 9.15 Å². The van der Waals surface area contributed by atoms with Crippen LogP contribution in [0.15, 0.2) is 47.2 Å². The first-order valence-corrected chi connectivity index (χ1v) is 7.43. The van der Waals surface area contributed by atoms with Crippen molar-refractivity contribution in [2.75, 3.05) is 20.3 Å². The maximum atomic E-state index is 5.45. The van der Waals surface area contributed by atoms with Crippen LogP contribution < -0.4 is 0 Å².